The summed E-state index contributed by atoms with van der Waals surface area (Å²) in [4.78, 5) is 16.4. The van der Waals surface area contributed by atoms with Crippen LogP contribution in [-0.2, 0) is 0 Å². The van der Waals surface area contributed by atoms with E-state index in [-0.39, 0.29) is 18.1 Å². The standard InChI is InChI=1S/C15H18N4O2/c1-10-7-16-6-5-12(10)15(20)19-13-3-2-4-14(13)21-11-8-17-18-9-11/h5-9,13-14H,2-4H2,1H3,(H,17,18)(H,19,20)/t13-,14+/m0/s1. The summed E-state index contributed by atoms with van der Waals surface area (Å²) in [6, 6.07) is 1.77. The fourth-order valence-corrected chi connectivity index (χ4v) is 2.68. The van der Waals surface area contributed by atoms with Gasteiger partial charge in [-0.05, 0) is 37.8 Å². The zero-order valence-corrected chi connectivity index (χ0v) is 11.9. The SMILES string of the molecule is Cc1cnccc1C(=O)N[C@H]1CCC[C@H]1Oc1cn[nH]c1. The van der Waals surface area contributed by atoms with E-state index in [4.69, 9.17) is 4.74 Å². The second-order valence-electron chi connectivity index (χ2n) is 5.29. The van der Waals surface area contributed by atoms with Gasteiger partial charge in [-0.15, -0.1) is 0 Å². The van der Waals surface area contributed by atoms with Crippen molar-refractivity contribution in [1.82, 2.24) is 20.5 Å². The number of carbonyl (C=O) groups excluding carboxylic acids is 1. The molecule has 0 spiro atoms. The number of carbonyl (C=O) groups is 1. The first-order chi connectivity index (χ1) is 10.2. The van der Waals surface area contributed by atoms with E-state index in [9.17, 15) is 4.79 Å². The first kappa shape index (κ1) is 13.6. The Bertz CT molecular complexity index is 612. The van der Waals surface area contributed by atoms with Crippen LogP contribution in [-0.4, -0.2) is 33.2 Å². The number of aryl methyl sites for hydroxylation is 1. The fourth-order valence-electron chi connectivity index (χ4n) is 2.68. The third-order valence-corrected chi connectivity index (χ3v) is 3.79. The van der Waals surface area contributed by atoms with Crippen LogP contribution in [0.5, 0.6) is 5.75 Å². The minimum atomic E-state index is -0.0670. The molecule has 1 aliphatic carbocycles. The van der Waals surface area contributed by atoms with Gasteiger partial charge in [-0.25, -0.2) is 0 Å². The topological polar surface area (TPSA) is 79.9 Å². The lowest BCUT2D eigenvalue weighted by molar-refractivity contribution is 0.0893. The lowest BCUT2D eigenvalue weighted by atomic mass is 10.1. The van der Waals surface area contributed by atoms with Crippen molar-refractivity contribution in [3.05, 3.63) is 42.0 Å². The van der Waals surface area contributed by atoms with E-state index in [1.165, 1.54) is 0 Å². The van der Waals surface area contributed by atoms with Gasteiger partial charge in [-0.2, -0.15) is 5.10 Å². The van der Waals surface area contributed by atoms with Gasteiger partial charge in [-0.3, -0.25) is 14.9 Å². The number of hydrogen-bond donors (Lipinski definition) is 2. The summed E-state index contributed by atoms with van der Waals surface area (Å²) >= 11 is 0. The van der Waals surface area contributed by atoms with Gasteiger partial charge in [0.05, 0.1) is 18.4 Å². The summed E-state index contributed by atoms with van der Waals surface area (Å²) in [5, 5.41) is 9.66. The molecule has 2 heterocycles. The number of aromatic amines is 1. The molecule has 2 atom stereocenters. The van der Waals surface area contributed by atoms with Crippen LogP contribution >= 0.6 is 0 Å². The number of aromatic nitrogens is 3. The van der Waals surface area contributed by atoms with E-state index in [1.807, 2.05) is 6.92 Å². The molecule has 6 nitrogen and oxygen atoms in total. The van der Waals surface area contributed by atoms with Gasteiger partial charge in [0.2, 0.25) is 0 Å². The molecule has 3 rings (SSSR count). The van der Waals surface area contributed by atoms with E-state index < -0.39 is 0 Å². The summed E-state index contributed by atoms with van der Waals surface area (Å²) in [7, 11) is 0. The van der Waals surface area contributed by atoms with Gasteiger partial charge in [0, 0.05) is 18.0 Å². The summed E-state index contributed by atoms with van der Waals surface area (Å²) in [6.45, 7) is 1.88. The first-order valence-corrected chi connectivity index (χ1v) is 7.11. The third kappa shape index (κ3) is 3.04. The van der Waals surface area contributed by atoms with Crippen LogP contribution in [0.1, 0.15) is 35.2 Å². The second-order valence-corrected chi connectivity index (χ2v) is 5.29. The van der Waals surface area contributed by atoms with Gasteiger partial charge in [0.25, 0.3) is 5.91 Å². The molecule has 6 heteroatoms. The number of nitrogens with zero attached hydrogens (tertiary/aromatic N) is 2. The summed E-state index contributed by atoms with van der Waals surface area (Å²) in [6.07, 6.45) is 9.59. The molecule has 0 unspecified atom stereocenters. The van der Waals surface area contributed by atoms with Crippen molar-refractivity contribution in [3.8, 4) is 5.75 Å². The van der Waals surface area contributed by atoms with Gasteiger partial charge in [0.1, 0.15) is 6.10 Å². The molecule has 1 fully saturated rings. The Morgan fingerprint density at radius 1 is 1.43 bits per heavy atom. The van der Waals surface area contributed by atoms with E-state index >= 15 is 0 Å². The number of nitrogens with one attached hydrogen (secondary N) is 2. The molecule has 2 aromatic rings. The molecule has 1 aliphatic rings. The smallest absolute Gasteiger partial charge is 0.252 e. The Morgan fingerprint density at radius 2 is 2.33 bits per heavy atom. The summed E-state index contributed by atoms with van der Waals surface area (Å²) in [5.41, 5.74) is 1.54. The quantitative estimate of drug-likeness (QED) is 0.898. The van der Waals surface area contributed by atoms with Crippen LogP contribution < -0.4 is 10.1 Å². The Balaban J connectivity index is 1.66. The number of H-pyrrole nitrogens is 1. The van der Waals surface area contributed by atoms with Crippen molar-refractivity contribution in [1.29, 1.82) is 0 Å². The Hall–Kier alpha value is -2.37. The third-order valence-electron chi connectivity index (χ3n) is 3.79. The molecule has 0 aliphatic heterocycles. The zero-order valence-electron chi connectivity index (χ0n) is 11.9. The minimum absolute atomic E-state index is 0.00584. The maximum atomic E-state index is 12.4. The molecule has 110 valence electrons. The monoisotopic (exact) mass is 286 g/mol. The highest BCUT2D eigenvalue weighted by Gasteiger charge is 2.31. The van der Waals surface area contributed by atoms with E-state index in [2.05, 4.69) is 20.5 Å². The molecule has 2 N–H and O–H groups in total. The van der Waals surface area contributed by atoms with Crippen molar-refractivity contribution in [2.24, 2.45) is 0 Å². The lowest BCUT2D eigenvalue weighted by Gasteiger charge is -2.21. The Morgan fingerprint density at radius 3 is 3.10 bits per heavy atom. The van der Waals surface area contributed by atoms with Gasteiger partial charge >= 0.3 is 0 Å². The van der Waals surface area contributed by atoms with Gasteiger partial charge in [-0.1, -0.05) is 0 Å². The van der Waals surface area contributed by atoms with Crippen molar-refractivity contribution in [3.63, 3.8) is 0 Å². The van der Waals surface area contributed by atoms with Gasteiger partial charge < -0.3 is 10.1 Å². The van der Waals surface area contributed by atoms with Crippen molar-refractivity contribution >= 4 is 5.91 Å². The molecule has 0 bridgehead atoms. The van der Waals surface area contributed by atoms with Crippen LogP contribution in [0.25, 0.3) is 0 Å². The van der Waals surface area contributed by atoms with Crippen LogP contribution in [0.4, 0.5) is 0 Å². The van der Waals surface area contributed by atoms with Gasteiger partial charge in [0.15, 0.2) is 5.75 Å². The first-order valence-electron chi connectivity index (χ1n) is 7.11. The molecular weight excluding hydrogens is 268 g/mol. The Kier molecular flexibility index (Phi) is 3.85. The van der Waals surface area contributed by atoms with Crippen LogP contribution in [0, 0.1) is 6.92 Å². The van der Waals surface area contributed by atoms with Crippen LogP contribution in [0.3, 0.4) is 0 Å². The number of pyridine rings is 1. The van der Waals surface area contributed by atoms with E-state index in [0.717, 1.165) is 24.8 Å². The number of hydrogen-bond acceptors (Lipinski definition) is 4. The lowest BCUT2D eigenvalue weighted by Crippen LogP contribution is -2.42. The largest absolute Gasteiger partial charge is 0.485 e. The number of ether oxygens (including phenoxy) is 1. The van der Waals surface area contributed by atoms with Crippen molar-refractivity contribution < 1.29 is 9.53 Å². The Labute approximate surface area is 122 Å². The molecule has 1 saturated carbocycles. The molecule has 1 amide bonds. The summed E-state index contributed by atoms with van der Waals surface area (Å²) in [5.74, 6) is 0.642. The predicted octanol–water partition coefficient (Wildman–Crippen LogP) is 1.84. The molecule has 2 aromatic heterocycles. The predicted molar refractivity (Wildman–Crippen MR) is 77.1 cm³/mol. The van der Waals surface area contributed by atoms with Crippen molar-refractivity contribution in [2.45, 2.75) is 38.3 Å². The maximum absolute atomic E-state index is 12.4. The highest BCUT2D eigenvalue weighted by atomic mass is 16.5. The molecule has 21 heavy (non-hydrogen) atoms. The molecule has 0 aromatic carbocycles. The van der Waals surface area contributed by atoms with Crippen molar-refractivity contribution in [2.75, 3.05) is 0 Å². The highest BCUT2D eigenvalue weighted by molar-refractivity contribution is 5.95. The highest BCUT2D eigenvalue weighted by Crippen LogP contribution is 2.24. The van der Waals surface area contributed by atoms with E-state index in [1.54, 1.807) is 30.9 Å². The fraction of sp³-hybridized carbons (Fsp3) is 0.400. The molecule has 0 saturated heterocycles. The number of rotatable bonds is 4. The average Bonchev–Trinajstić information content (AvgIpc) is 3.12. The molecular formula is C15H18N4O2. The second kappa shape index (κ2) is 5.95. The number of amides is 1. The van der Waals surface area contributed by atoms with Crippen LogP contribution in [0.2, 0.25) is 0 Å². The summed E-state index contributed by atoms with van der Waals surface area (Å²) < 4.78 is 5.87. The zero-order chi connectivity index (χ0) is 14.7. The van der Waals surface area contributed by atoms with E-state index in [0.29, 0.717) is 11.3 Å². The normalized spacial score (nSPS) is 21.2. The van der Waals surface area contributed by atoms with Crippen LogP contribution in [0.15, 0.2) is 30.9 Å². The molecule has 0 radical (unpaired) electrons. The minimum Gasteiger partial charge on any atom is -0.485 e. The maximum Gasteiger partial charge on any atom is 0.252 e. The average molecular weight is 286 g/mol.